The van der Waals surface area contributed by atoms with Crippen molar-refractivity contribution in [1.29, 1.82) is 5.26 Å². The Morgan fingerprint density at radius 3 is 2.65 bits per heavy atom. The summed E-state index contributed by atoms with van der Waals surface area (Å²) in [6, 6.07) is 3.87. The van der Waals surface area contributed by atoms with E-state index >= 15 is 0 Å². The largest absolute Gasteiger partial charge is 0.361 e. The van der Waals surface area contributed by atoms with Gasteiger partial charge < -0.3 is 14.6 Å². The molecule has 3 aromatic rings. The molecule has 1 saturated carbocycles. The van der Waals surface area contributed by atoms with Gasteiger partial charge in [-0.15, -0.1) is 0 Å². The molecule has 0 spiro atoms. The Hall–Kier alpha value is -2.54. The van der Waals surface area contributed by atoms with Gasteiger partial charge in [0.1, 0.15) is 12.2 Å². The van der Waals surface area contributed by atoms with E-state index in [1.165, 1.54) is 5.56 Å². The molecule has 9 heteroatoms. The average Bonchev–Trinajstić information content (AvgIpc) is 3.40. The zero-order valence-electron chi connectivity index (χ0n) is 20.9. The summed E-state index contributed by atoms with van der Waals surface area (Å²) in [6.07, 6.45) is 12.9. The van der Waals surface area contributed by atoms with Crippen molar-refractivity contribution in [2.24, 2.45) is 7.05 Å². The van der Waals surface area contributed by atoms with Crippen LogP contribution in [0.25, 0.3) is 22.4 Å². The summed E-state index contributed by atoms with van der Waals surface area (Å²) >= 11 is 0. The van der Waals surface area contributed by atoms with Crippen molar-refractivity contribution in [2.75, 3.05) is 13.2 Å². The van der Waals surface area contributed by atoms with Crippen molar-refractivity contribution < 1.29 is 4.74 Å². The monoisotopic (exact) mass is 479 g/mol. The first-order valence-corrected chi connectivity index (χ1v) is 16.1. The first-order valence-electron chi connectivity index (χ1n) is 12.4. The van der Waals surface area contributed by atoms with Crippen LogP contribution in [0.15, 0.2) is 24.8 Å². The van der Waals surface area contributed by atoms with Crippen molar-refractivity contribution >= 4 is 19.2 Å². The number of fused-ring (bicyclic) bond motifs is 1. The summed E-state index contributed by atoms with van der Waals surface area (Å²) in [7, 11) is 0.789. The van der Waals surface area contributed by atoms with Crippen LogP contribution in [0.2, 0.25) is 25.7 Å². The molecule has 1 N–H and O–H groups in total. The van der Waals surface area contributed by atoms with Crippen LogP contribution >= 0.6 is 0 Å². The number of hydrogen-bond acceptors (Lipinski definition) is 6. The van der Waals surface area contributed by atoms with Crippen LogP contribution in [0, 0.1) is 11.3 Å². The molecule has 0 aliphatic heterocycles. The van der Waals surface area contributed by atoms with Gasteiger partial charge in [-0.1, -0.05) is 19.6 Å². The lowest BCUT2D eigenvalue weighted by molar-refractivity contribution is 0.0897. The van der Waals surface area contributed by atoms with Crippen molar-refractivity contribution in [3.63, 3.8) is 0 Å². The fourth-order valence-electron chi connectivity index (χ4n) is 4.65. The highest BCUT2D eigenvalue weighted by atomic mass is 28.3. The smallest absolute Gasteiger partial charge is 0.160 e. The minimum absolute atomic E-state index is 0.457. The summed E-state index contributed by atoms with van der Waals surface area (Å²) in [4.78, 5) is 9.89. The number of nitrogens with one attached hydrogen (secondary N) is 1. The number of aromatic nitrogens is 5. The molecule has 0 unspecified atom stereocenters. The number of nitriles is 1. The Balaban J connectivity index is 1.55. The molecule has 0 bridgehead atoms. The van der Waals surface area contributed by atoms with E-state index in [1.807, 2.05) is 25.6 Å². The van der Waals surface area contributed by atoms with Crippen LogP contribution in [0.5, 0.6) is 0 Å². The summed E-state index contributed by atoms with van der Waals surface area (Å²) in [5, 5.41) is 16.6. The quantitative estimate of drug-likeness (QED) is 0.335. The zero-order valence-corrected chi connectivity index (χ0v) is 21.9. The molecule has 1 aliphatic rings. The molecule has 0 atom stereocenters. The second-order valence-electron chi connectivity index (χ2n) is 10.6. The molecule has 182 valence electrons. The molecular weight excluding hydrogens is 442 g/mol. The van der Waals surface area contributed by atoms with Crippen molar-refractivity contribution in [3.05, 3.63) is 30.4 Å². The predicted octanol–water partition coefficient (Wildman–Crippen LogP) is 4.67. The maximum absolute atomic E-state index is 8.79. The van der Waals surface area contributed by atoms with Gasteiger partial charge in [-0.25, -0.2) is 9.97 Å². The molecule has 0 radical (unpaired) electrons. The minimum atomic E-state index is -1.13. The highest BCUT2D eigenvalue weighted by Gasteiger charge is 2.26. The average molecular weight is 480 g/mol. The Bertz CT molecular complexity index is 1130. The lowest BCUT2D eigenvalue weighted by Gasteiger charge is -2.28. The van der Waals surface area contributed by atoms with Crippen LogP contribution < -0.4 is 5.32 Å². The van der Waals surface area contributed by atoms with E-state index in [9.17, 15) is 0 Å². The van der Waals surface area contributed by atoms with Gasteiger partial charge in [0.15, 0.2) is 5.65 Å². The summed E-state index contributed by atoms with van der Waals surface area (Å²) in [6.45, 7) is 9.18. The minimum Gasteiger partial charge on any atom is -0.361 e. The van der Waals surface area contributed by atoms with Gasteiger partial charge in [0, 0.05) is 64.3 Å². The molecular formula is C25H37N7OSi. The second-order valence-corrected chi connectivity index (χ2v) is 16.3. The standard InChI is InChI=1S/C25H37N7OSi/c1-31-16-20(14-29-31)23-15-28-25-24(30-23)22(17-32(25)18-33-12-13-34(2,3)4)19-6-8-21(9-7-19)27-11-5-10-26/h14-17,19,21,27H,5-9,11-13,18H2,1-4H3. The predicted molar refractivity (Wildman–Crippen MR) is 137 cm³/mol. The maximum Gasteiger partial charge on any atom is 0.160 e. The van der Waals surface area contributed by atoms with Gasteiger partial charge in [0.2, 0.25) is 0 Å². The second kappa shape index (κ2) is 10.8. The first kappa shape index (κ1) is 24.6. The van der Waals surface area contributed by atoms with Crippen LogP contribution in [-0.2, 0) is 18.5 Å². The molecule has 8 nitrogen and oxygen atoms in total. The van der Waals surface area contributed by atoms with Gasteiger partial charge >= 0.3 is 0 Å². The molecule has 34 heavy (non-hydrogen) atoms. The van der Waals surface area contributed by atoms with Gasteiger partial charge in [0.05, 0.1) is 24.2 Å². The molecule has 0 amide bonds. The Morgan fingerprint density at radius 2 is 1.97 bits per heavy atom. The normalized spacial score (nSPS) is 18.9. The topological polar surface area (TPSA) is 93.6 Å². The molecule has 0 saturated heterocycles. The third-order valence-electron chi connectivity index (χ3n) is 6.66. The third-order valence-corrected chi connectivity index (χ3v) is 8.36. The van der Waals surface area contributed by atoms with E-state index in [4.69, 9.17) is 20.0 Å². The van der Waals surface area contributed by atoms with E-state index in [2.05, 4.69) is 46.9 Å². The number of rotatable bonds is 10. The van der Waals surface area contributed by atoms with Crippen LogP contribution in [0.3, 0.4) is 0 Å². The summed E-state index contributed by atoms with van der Waals surface area (Å²) in [5.41, 5.74) is 4.98. The number of nitrogens with zero attached hydrogens (tertiary/aromatic N) is 6. The summed E-state index contributed by atoms with van der Waals surface area (Å²) < 4.78 is 10.00. The SMILES string of the molecule is Cn1cc(-c2cnc3c(n2)c(C2CCC(NCCC#N)CC2)cn3COCC[Si](C)(C)C)cn1. The highest BCUT2D eigenvalue weighted by molar-refractivity contribution is 6.76. The maximum atomic E-state index is 8.79. The molecule has 3 heterocycles. The number of aryl methyl sites for hydroxylation is 1. The van der Waals surface area contributed by atoms with E-state index in [0.717, 1.165) is 67.3 Å². The highest BCUT2D eigenvalue weighted by Crippen LogP contribution is 2.37. The summed E-state index contributed by atoms with van der Waals surface area (Å²) in [5.74, 6) is 0.457. The van der Waals surface area contributed by atoms with Crippen molar-refractivity contribution in [2.45, 2.75) is 76.5 Å². The van der Waals surface area contributed by atoms with E-state index in [-0.39, 0.29) is 0 Å². The van der Waals surface area contributed by atoms with Gasteiger partial charge in [-0.3, -0.25) is 4.68 Å². The van der Waals surface area contributed by atoms with E-state index in [1.54, 1.807) is 4.68 Å². The molecule has 4 rings (SSSR count). The Kier molecular flexibility index (Phi) is 7.81. The van der Waals surface area contributed by atoms with Gasteiger partial charge in [-0.2, -0.15) is 10.4 Å². The van der Waals surface area contributed by atoms with Gasteiger partial charge in [0.25, 0.3) is 0 Å². The molecule has 0 aromatic carbocycles. The lowest BCUT2D eigenvalue weighted by atomic mass is 9.82. The number of hydrogen-bond donors (Lipinski definition) is 1. The number of ether oxygens (including phenoxy) is 1. The zero-order chi connectivity index (χ0) is 24.1. The van der Waals surface area contributed by atoms with E-state index in [0.29, 0.717) is 25.1 Å². The molecule has 3 aromatic heterocycles. The lowest BCUT2D eigenvalue weighted by Crippen LogP contribution is -2.33. The van der Waals surface area contributed by atoms with Crippen LogP contribution in [0.1, 0.15) is 43.6 Å². The van der Waals surface area contributed by atoms with Crippen LogP contribution in [-0.4, -0.2) is 51.6 Å². The van der Waals surface area contributed by atoms with Crippen molar-refractivity contribution in [1.82, 2.24) is 29.6 Å². The van der Waals surface area contributed by atoms with Gasteiger partial charge in [-0.05, 0) is 37.6 Å². The fraction of sp³-hybridized carbons (Fsp3) is 0.600. The molecule has 1 fully saturated rings. The first-order chi connectivity index (χ1) is 16.3. The fourth-order valence-corrected chi connectivity index (χ4v) is 5.41. The Labute approximate surface area is 203 Å². The Morgan fingerprint density at radius 1 is 1.18 bits per heavy atom. The van der Waals surface area contributed by atoms with Crippen molar-refractivity contribution in [3.8, 4) is 17.3 Å². The third kappa shape index (κ3) is 6.12. The molecule has 1 aliphatic carbocycles. The van der Waals surface area contributed by atoms with Crippen LogP contribution in [0.4, 0.5) is 0 Å². The van der Waals surface area contributed by atoms with E-state index < -0.39 is 8.07 Å².